The normalized spacial score (nSPS) is 33.2. The summed E-state index contributed by atoms with van der Waals surface area (Å²) in [5.41, 5.74) is 5.53. The molecule has 0 aromatic carbocycles. The molecule has 0 aromatic heterocycles. The van der Waals surface area contributed by atoms with E-state index in [1.807, 2.05) is 7.11 Å². The van der Waals surface area contributed by atoms with E-state index < -0.39 is 0 Å². The zero-order valence-corrected chi connectivity index (χ0v) is 9.37. The summed E-state index contributed by atoms with van der Waals surface area (Å²) in [5, 5.41) is 0. The number of rotatable bonds is 5. The Kier molecular flexibility index (Phi) is 5.45. The molecule has 1 aliphatic rings. The molecular weight excluding hydrogens is 178 g/mol. The van der Waals surface area contributed by atoms with Crippen LogP contribution in [-0.2, 0) is 9.47 Å². The Bertz CT molecular complexity index is 152. The molecular formula is C11H23NO2. The molecule has 2 N–H and O–H groups in total. The number of nitrogens with two attached hydrogens (primary N) is 1. The van der Waals surface area contributed by atoms with E-state index >= 15 is 0 Å². The summed E-state index contributed by atoms with van der Waals surface area (Å²) in [6.07, 6.45) is 6.53. The minimum absolute atomic E-state index is 0.424. The van der Waals surface area contributed by atoms with Crippen molar-refractivity contribution in [2.24, 2.45) is 11.7 Å². The third kappa shape index (κ3) is 3.23. The molecule has 3 unspecified atom stereocenters. The van der Waals surface area contributed by atoms with Crippen molar-refractivity contribution < 1.29 is 9.47 Å². The average molecular weight is 201 g/mol. The molecule has 0 amide bonds. The first-order valence-electron chi connectivity index (χ1n) is 5.57. The quantitative estimate of drug-likeness (QED) is 0.734. The molecule has 1 saturated carbocycles. The first-order chi connectivity index (χ1) is 6.81. The topological polar surface area (TPSA) is 44.5 Å². The van der Waals surface area contributed by atoms with Gasteiger partial charge in [0, 0.05) is 14.2 Å². The minimum Gasteiger partial charge on any atom is -0.381 e. The highest BCUT2D eigenvalue weighted by Crippen LogP contribution is 2.31. The van der Waals surface area contributed by atoms with Crippen LogP contribution in [0.4, 0.5) is 0 Å². The van der Waals surface area contributed by atoms with Gasteiger partial charge in [-0.1, -0.05) is 0 Å². The van der Waals surface area contributed by atoms with Gasteiger partial charge in [-0.25, -0.2) is 0 Å². The third-order valence-corrected chi connectivity index (χ3v) is 3.28. The molecule has 3 heteroatoms. The Balaban J connectivity index is 2.38. The van der Waals surface area contributed by atoms with Gasteiger partial charge in [0.25, 0.3) is 0 Å². The Morgan fingerprint density at radius 2 is 2.00 bits per heavy atom. The molecule has 3 nitrogen and oxygen atoms in total. The summed E-state index contributed by atoms with van der Waals surface area (Å²) in [5.74, 6) is 0.641. The Morgan fingerprint density at radius 3 is 2.57 bits per heavy atom. The summed E-state index contributed by atoms with van der Waals surface area (Å²) in [4.78, 5) is 0. The predicted octanol–water partition coefficient (Wildman–Crippen LogP) is 1.56. The van der Waals surface area contributed by atoms with Gasteiger partial charge in [-0.2, -0.15) is 0 Å². The van der Waals surface area contributed by atoms with Crippen LogP contribution >= 0.6 is 0 Å². The van der Waals surface area contributed by atoms with E-state index in [1.54, 1.807) is 7.11 Å². The molecule has 1 fully saturated rings. The fourth-order valence-electron chi connectivity index (χ4n) is 2.40. The molecule has 0 saturated heterocycles. The van der Waals surface area contributed by atoms with E-state index in [0.29, 0.717) is 18.1 Å². The standard InChI is InChI=1S/C11H23NO2/c1-13-10-5-6-11(14-2)9(8-10)4-3-7-12/h9-11H,3-8,12H2,1-2H3. The second kappa shape index (κ2) is 6.38. The first-order valence-corrected chi connectivity index (χ1v) is 5.57. The molecule has 0 spiro atoms. The van der Waals surface area contributed by atoms with E-state index in [2.05, 4.69) is 0 Å². The SMILES string of the molecule is COC1CCC(OC)C(CCCN)C1. The second-order valence-corrected chi connectivity index (χ2v) is 4.14. The molecule has 14 heavy (non-hydrogen) atoms. The third-order valence-electron chi connectivity index (χ3n) is 3.28. The lowest BCUT2D eigenvalue weighted by Crippen LogP contribution is -2.34. The lowest BCUT2D eigenvalue weighted by Gasteiger charge is -2.34. The fraction of sp³-hybridized carbons (Fsp3) is 1.00. The summed E-state index contributed by atoms with van der Waals surface area (Å²) in [6.45, 7) is 0.782. The lowest BCUT2D eigenvalue weighted by atomic mass is 9.82. The molecule has 3 atom stereocenters. The van der Waals surface area contributed by atoms with Crippen LogP contribution in [0.1, 0.15) is 32.1 Å². The van der Waals surface area contributed by atoms with Gasteiger partial charge >= 0.3 is 0 Å². The van der Waals surface area contributed by atoms with Crippen LogP contribution in [0.5, 0.6) is 0 Å². The molecule has 1 aliphatic carbocycles. The van der Waals surface area contributed by atoms with Gasteiger partial charge in [-0.05, 0) is 44.6 Å². The van der Waals surface area contributed by atoms with Gasteiger partial charge < -0.3 is 15.2 Å². The van der Waals surface area contributed by atoms with Gasteiger partial charge in [0.2, 0.25) is 0 Å². The fourth-order valence-corrected chi connectivity index (χ4v) is 2.40. The molecule has 0 heterocycles. The maximum Gasteiger partial charge on any atom is 0.0601 e. The van der Waals surface area contributed by atoms with E-state index in [1.165, 1.54) is 6.42 Å². The number of methoxy groups -OCH3 is 2. The Labute approximate surface area is 86.9 Å². The van der Waals surface area contributed by atoms with E-state index in [0.717, 1.165) is 32.2 Å². The number of hydrogen-bond acceptors (Lipinski definition) is 3. The van der Waals surface area contributed by atoms with Crippen LogP contribution in [0.25, 0.3) is 0 Å². The van der Waals surface area contributed by atoms with Crippen LogP contribution in [0, 0.1) is 5.92 Å². The molecule has 84 valence electrons. The van der Waals surface area contributed by atoms with Gasteiger partial charge in [0.15, 0.2) is 0 Å². The summed E-state index contributed by atoms with van der Waals surface area (Å²) in [7, 11) is 3.62. The number of ether oxygens (including phenoxy) is 2. The van der Waals surface area contributed by atoms with Crippen molar-refractivity contribution in [3.05, 3.63) is 0 Å². The van der Waals surface area contributed by atoms with Crippen molar-refractivity contribution >= 4 is 0 Å². The first kappa shape index (κ1) is 12.0. The maximum atomic E-state index is 5.53. The summed E-state index contributed by atoms with van der Waals surface area (Å²) >= 11 is 0. The van der Waals surface area contributed by atoms with Crippen LogP contribution < -0.4 is 5.73 Å². The van der Waals surface area contributed by atoms with Crippen LogP contribution in [-0.4, -0.2) is 33.0 Å². The zero-order valence-electron chi connectivity index (χ0n) is 9.37. The average Bonchev–Trinajstić information content (AvgIpc) is 2.25. The van der Waals surface area contributed by atoms with E-state index in [-0.39, 0.29) is 0 Å². The molecule has 0 bridgehead atoms. The van der Waals surface area contributed by atoms with Gasteiger partial charge in [0.05, 0.1) is 12.2 Å². The Morgan fingerprint density at radius 1 is 1.21 bits per heavy atom. The van der Waals surface area contributed by atoms with Crippen molar-refractivity contribution in [3.63, 3.8) is 0 Å². The Hall–Kier alpha value is -0.120. The molecule has 0 aromatic rings. The highest BCUT2D eigenvalue weighted by Gasteiger charge is 2.29. The highest BCUT2D eigenvalue weighted by molar-refractivity contribution is 4.81. The van der Waals surface area contributed by atoms with Crippen molar-refractivity contribution in [2.75, 3.05) is 20.8 Å². The van der Waals surface area contributed by atoms with Crippen molar-refractivity contribution in [1.29, 1.82) is 0 Å². The smallest absolute Gasteiger partial charge is 0.0601 e. The summed E-state index contributed by atoms with van der Waals surface area (Å²) in [6, 6.07) is 0. The van der Waals surface area contributed by atoms with Crippen LogP contribution in [0.2, 0.25) is 0 Å². The van der Waals surface area contributed by atoms with Crippen LogP contribution in [0.15, 0.2) is 0 Å². The maximum absolute atomic E-state index is 5.53. The molecule has 1 rings (SSSR count). The van der Waals surface area contributed by atoms with Crippen LogP contribution in [0.3, 0.4) is 0 Å². The van der Waals surface area contributed by atoms with Gasteiger partial charge in [0.1, 0.15) is 0 Å². The van der Waals surface area contributed by atoms with Crippen molar-refractivity contribution in [1.82, 2.24) is 0 Å². The zero-order chi connectivity index (χ0) is 10.4. The minimum atomic E-state index is 0.424. The van der Waals surface area contributed by atoms with Crippen molar-refractivity contribution in [3.8, 4) is 0 Å². The lowest BCUT2D eigenvalue weighted by molar-refractivity contribution is -0.0367. The predicted molar refractivity (Wildman–Crippen MR) is 57.2 cm³/mol. The van der Waals surface area contributed by atoms with Crippen molar-refractivity contribution in [2.45, 2.75) is 44.3 Å². The molecule has 0 radical (unpaired) electrons. The summed E-state index contributed by atoms with van der Waals surface area (Å²) < 4.78 is 10.9. The largest absolute Gasteiger partial charge is 0.381 e. The van der Waals surface area contributed by atoms with E-state index in [4.69, 9.17) is 15.2 Å². The second-order valence-electron chi connectivity index (χ2n) is 4.14. The highest BCUT2D eigenvalue weighted by atomic mass is 16.5. The van der Waals surface area contributed by atoms with E-state index in [9.17, 15) is 0 Å². The van der Waals surface area contributed by atoms with Gasteiger partial charge in [-0.3, -0.25) is 0 Å². The number of hydrogen-bond donors (Lipinski definition) is 1. The van der Waals surface area contributed by atoms with Gasteiger partial charge in [-0.15, -0.1) is 0 Å². The monoisotopic (exact) mass is 201 g/mol. The molecule has 0 aliphatic heterocycles.